The van der Waals surface area contributed by atoms with Crippen LogP contribution in [0.15, 0.2) is 4.79 Å². The lowest BCUT2D eigenvalue weighted by Gasteiger charge is -1.93. The molecule has 0 spiro atoms. The van der Waals surface area contributed by atoms with Crippen molar-refractivity contribution in [1.82, 2.24) is 4.57 Å². The molecule has 1 heterocycles. The molecular formula is C9H7N3OS. The summed E-state index contributed by atoms with van der Waals surface area (Å²) in [6, 6.07) is 1.77. The second-order valence-electron chi connectivity index (χ2n) is 2.45. The van der Waals surface area contributed by atoms with Crippen LogP contribution in [0, 0.1) is 17.9 Å². The van der Waals surface area contributed by atoms with Gasteiger partial charge in [-0.2, -0.15) is 0 Å². The molecule has 5 heteroatoms. The summed E-state index contributed by atoms with van der Waals surface area (Å²) in [7, 11) is 0. The number of aromatic nitrogens is 1. The highest BCUT2D eigenvalue weighted by molar-refractivity contribution is 7.07. The van der Waals surface area contributed by atoms with Crippen LogP contribution in [0.25, 0.3) is 17.1 Å². The van der Waals surface area contributed by atoms with E-state index in [1.54, 1.807) is 13.0 Å². The highest BCUT2D eigenvalue weighted by atomic mass is 32.1. The van der Waals surface area contributed by atoms with Crippen molar-refractivity contribution in [3.05, 3.63) is 31.0 Å². The molecule has 0 fully saturated rings. The summed E-state index contributed by atoms with van der Waals surface area (Å²) in [5.74, 6) is 0. The van der Waals surface area contributed by atoms with Crippen LogP contribution in [0.5, 0.6) is 0 Å². The first-order chi connectivity index (χ1) is 6.65. The summed E-state index contributed by atoms with van der Waals surface area (Å²) in [5.41, 5.74) is -0.271. The molecule has 0 aliphatic carbocycles. The van der Waals surface area contributed by atoms with Gasteiger partial charge in [0, 0.05) is 6.54 Å². The van der Waals surface area contributed by atoms with E-state index in [0.29, 0.717) is 15.7 Å². The van der Waals surface area contributed by atoms with Crippen molar-refractivity contribution in [2.75, 3.05) is 0 Å². The Morgan fingerprint density at radius 3 is 2.93 bits per heavy atom. The minimum atomic E-state index is -0.219. The average molecular weight is 205 g/mol. The maximum absolute atomic E-state index is 11.4. The zero-order chi connectivity index (χ0) is 10.7. The normalized spacial score (nSPS) is 11.6. The summed E-state index contributed by atoms with van der Waals surface area (Å²) in [6.45, 7) is 12.6. The first kappa shape index (κ1) is 10.2. The average Bonchev–Trinajstić information content (AvgIpc) is 2.45. The standard InChI is InChI=1S/C9H7N3OS/c1-4-12-8(13)6(2)14-9(12)7(5-10)11-3/h2,4H2,1H3/b9-7-. The number of rotatable bonds is 1. The van der Waals surface area contributed by atoms with E-state index in [2.05, 4.69) is 11.4 Å². The summed E-state index contributed by atoms with van der Waals surface area (Å²) < 4.78 is 2.15. The molecule has 0 radical (unpaired) electrons. The third-order valence-corrected chi connectivity index (χ3v) is 2.71. The van der Waals surface area contributed by atoms with Gasteiger partial charge in [0.05, 0.1) is 17.2 Å². The van der Waals surface area contributed by atoms with Crippen molar-refractivity contribution < 1.29 is 0 Å². The maximum Gasteiger partial charge on any atom is 0.294 e. The molecule has 14 heavy (non-hydrogen) atoms. The molecule has 1 aromatic rings. The van der Waals surface area contributed by atoms with Gasteiger partial charge >= 0.3 is 0 Å². The van der Waals surface area contributed by atoms with Gasteiger partial charge in [-0.15, -0.1) is 11.3 Å². The molecule has 1 rings (SSSR count). The van der Waals surface area contributed by atoms with Crippen LogP contribution >= 0.6 is 11.3 Å². The number of nitrogens with zero attached hydrogens (tertiary/aromatic N) is 3. The van der Waals surface area contributed by atoms with E-state index in [9.17, 15) is 4.79 Å². The fourth-order valence-electron chi connectivity index (χ4n) is 1.04. The number of nitriles is 1. The van der Waals surface area contributed by atoms with Crippen LogP contribution in [0.2, 0.25) is 0 Å². The predicted molar refractivity (Wildman–Crippen MR) is 54.6 cm³/mol. The Balaban J connectivity index is 3.88. The maximum atomic E-state index is 11.4. The van der Waals surface area contributed by atoms with Gasteiger partial charge in [0.15, 0.2) is 0 Å². The zero-order valence-corrected chi connectivity index (χ0v) is 8.39. The monoisotopic (exact) mass is 205 g/mol. The second kappa shape index (κ2) is 3.91. The Bertz CT molecular complexity index is 578. The van der Waals surface area contributed by atoms with E-state index >= 15 is 0 Å². The first-order valence-electron chi connectivity index (χ1n) is 3.86. The molecular weight excluding hydrogens is 198 g/mol. The summed E-state index contributed by atoms with van der Waals surface area (Å²) in [4.78, 5) is 14.5. The highest BCUT2D eigenvalue weighted by Gasteiger charge is 2.05. The van der Waals surface area contributed by atoms with Crippen molar-refractivity contribution >= 4 is 23.6 Å². The molecule has 0 bridgehead atoms. The Hall–Kier alpha value is -1.85. The van der Waals surface area contributed by atoms with Crippen LogP contribution in [0.3, 0.4) is 0 Å². The molecule has 70 valence electrons. The Morgan fingerprint density at radius 1 is 1.86 bits per heavy atom. The second-order valence-corrected chi connectivity index (χ2v) is 3.54. The van der Waals surface area contributed by atoms with Crippen LogP contribution in [-0.2, 0) is 6.54 Å². The third kappa shape index (κ3) is 1.46. The fourth-order valence-corrected chi connectivity index (χ4v) is 1.98. The van der Waals surface area contributed by atoms with Gasteiger partial charge in [-0.3, -0.25) is 4.79 Å². The molecule has 0 atom stereocenters. The predicted octanol–water partition coefficient (Wildman–Crippen LogP) is -0.109. The van der Waals surface area contributed by atoms with Crippen molar-refractivity contribution in [2.24, 2.45) is 0 Å². The molecule has 0 aromatic carbocycles. The van der Waals surface area contributed by atoms with Gasteiger partial charge < -0.3 is 4.57 Å². The summed E-state index contributed by atoms with van der Waals surface area (Å²) >= 11 is 1.09. The molecule has 0 saturated heterocycles. The fraction of sp³-hybridized carbons (Fsp3) is 0.222. The summed E-state index contributed by atoms with van der Waals surface area (Å²) in [6.07, 6.45) is 0. The van der Waals surface area contributed by atoms with Gasteiger partial charge in [0.25, 0.3) is 11.3 Å². The third-order valence-electron chi connectivity index (χ3n) is 1.69. The molecule has 0 amide bonds. The van der Waals surface area contributed by atoms with Crippen molar-refractivity contribution in [1.29, 1.82) is 5.26 Å². The minimum absolute atomic E-state index is 0.0520. The molecule has 0 aliphatic heterocycles. The quantitative estimate of drug-likeness (QED) is 0.601. The van der Waals surface area contributed by atoms with Gasteiger partial charge in [-0.1, -0.05) is 6.58 Å². The number of hydrogen-bond acceptors (Lipinski definition) is 3. The van der Waals surface area contributed by atoms with E-state index in [-0.39, 0.29) is 11.3 Å². The van der Waals surface area contributed by atoms with Crippen LogP contribution in [0.4, 0.5) is 0 Å². The van der Waals surface area contributed by atoms with Crippen LogP contribution in [0.1, 0.15) is 6.92 Å². The van der Waals surface area contributed by atoms with E-state index in [4.69, 9.17) is 11.8 Å². The van der Waals surface area contributed by atoms with E-state index in [0.717, 1.165) is 11.3 Å². The molecule has 0 N–H and O–H groups in total. The molecule has 0 unspecified atom stereocenters. The number of thiazole rings is 1. The SMILES string of the molecule is [C-]#[N+]/C(C#N)=c1\sc(=C)c(=O)n1CC. The molecule has 4 nitrogen and oxygen atoms in total. The molecule has 1 aromatic heterocycles. The lowest BCUT2D eigenvalue weighted by atomic mass is 10.5. The smallest absolute Gasteiger partial charge is 0.294 e. The van der Waals surface area contributed by atoms with Crippen LogP contribution < -0.4 is 14.8 Å². The van der Waals surface area contributed by atoms with Crippen molar-refractivity contribution in [3.63, 3.8) is 0 Å². The lowest BCUT2D eigenvalue weighted by Crippen LogP contribution is -2.30. The lowest BCUT2D eigenvalue weighted by molar-refractivity contribution is 0.722. The van der Waals surface area contributed by atoms with Gasteiger partial charge in [-0.25, -0.2) is 10.1 Å². The molecule has 0 aliphatic rings. The largest absolute Gasteiger partial charge is 0.307 e. The van der Waals surface area contributed by atoms with Gasteiger partial charge in [0.2, 0.25) is 0 Å². The minimum Gasteiger partial charge on any atom is -0.307 e. The number of hydrogen-bond donors (Lipinski definition) is 0. The highest BCUT2D eigenvalue weighted by Crippen LogP contribution is 1.91. The van der Waals surface area contributed by atoms with E-state index < -0.39 is 0 Å². The topological polar surface area (TPSA) is 50.1 Å². The van der Waals surface area contributed by atoms with Gasteiger partial charge in [-0.05, 0) is 6.92 Å². The van der Waals surface area contributed by atoms with Crippen molar-refractivity contribution in [3.8, 4) is 6.07 Å². The van der Waals surface area contributed by atoms with E-state index in [1.807, 2.05) is 0 Å². The Labute approximate surface area is 84.5 Å². The Morgan fingerprint density at radius 2 is 2.50 bits per heavy atom. The first-order valence-corrected chi connectivity index (χ1v) is 4.67. The van der Waals surface area contributed by atoms with Crippen LogP contribution in [-0.4, -0.2) is 4.57 Å². The van der Waals surface area contributed by atoms with Gasteiger partial charge in [0.1, 0.15) is 4.66 Å². The van der Waals surface area contributed by atoms with E-state index in [1.165, 1.54) is 4.57 Å². The van der Waals surface area contributed by atoms with Crippen molar-refractivity contribution in [2.45, 2.75) is 13.5 Å². The Kier molecular flexibility index (Phi) is 2.85. The zero-order valence-electron chi connectivity index (χ0n) is 7.57. The summed E-state index contributed by atoms with van der Waals surface area (Å²) in [5, 5.41) is 8.67. The molecule has 0 saturated carbocycles.